The molecule has 0 spiro atoms. The van der Waals surface area contributed by atoms with Gasteiger partial charge in [0.1, 0.15) is 10.8 Å². The van der Waals surface area contributed by atoms with Crippen molar-refractivity contribution in [3.05, 3.63) is 53.7 Å². The number of hydrogen-bond donors (Lipinski definition) is 1. The number of nitrogens with two attached hydrogens (primary N) is 1. The summed E-state index contributed by atoms with van der Waals surface area (Å²) >= 11 is 4.93. The van der Waals surface area contributed by atoms with Crippen molar-refractivity contribution >= 4 is 28.7 Å². The van der Waals surface area contributed by atoms with Crippen LogP contribution in [-0.2, 0) is 0 Å². The SMILES string of the molecule is CCN(c1cccc(C)c1)c1ccc(C(N)=S)cn1. The molecule has 19 heavy (non-hydrogen) atoms. The van der Waals surface area contributed by atoms with E-state index < -0.39 is 0 Å². The number of pyridine rings is 1. The van der Waals surface area contributed by atoms with E-state index in [-0.39, 0.29) is 0 Å². The summed E-state index contributed by atoms with van der Waals surface area (Å²) in [5, 5.41) is 0. The van der Waals surface area contributed by atoms with E-state index in [0.29, 0.717) is 4.99 Å². The minimum Gasteiger partial charge on any atom is -0.389 e. The van der Waals surface area contributed by atoms with Crippen LogP contribution in [0.1, 0.15) is 18.1 Å². The second kappa shape index (κ2) is 5.80. The molecule has 0 amide bonds. The lowest BCUT2D eigenvalue weighted by atomic mass is 10.2. The molecular formula is C15H17N3S. The van der Waals surface area contributed by atoms with Gasteiger partial charge in [-0.15, -0.1) is 0 Å². The Labute approximate surface area is 119 Å². The van der Waals surface area contributed by atoms with Crippen LogP contribution in [0, 0.1) is 6.92 Å². The molecule has 2 rings (SSSR count). The van der Waals surface area contributed by atoms with Gasteiger partial charge in [0.2, 0.25) is 0 Å². The van der Waals surface area contributed by atoms with E-state index in [9.17, 15) is 0 Å². The molecule has 1 aromatic carbocycles. The van der Waals surface area contributed by atoms with Crippen molar-refractivity contribution in [3.8, 4) is 0 Å². The second-order valence-electron chi connectivity index (χ2n) is 4.35. The van der Waals surface area contributed by atoms with Gasteiger partial charge < -0.3 is 10.6 Å². The summed E-state index contributed by atoms with van der Waals surface area (Å²) in [5.74, 6) is 0.896. The van der Waals surface area contributed by atoms with Gasteiger partial charge in [-0.25, -0.2) is 4.98 Å². The Morgan fingerprint density at radius 3 is 2.63 bits per heavy atom. The molecule has 0 unspecified atom stereocenters. The zero-order valence-corrected chi connectivity index (χ0v) is 11.9. The first-order valence-corrected chi connectivity index (χ1v) is 6.62. The number of rotatable bonds is 4. The largest absolute Gasteiger partial charge is 0.389 e. The molecule has 0 saturated heterocycles. The first kappa shape index (κ1) is 13.5. The molecule has 1 aromatic heterocycles. The number of aromatic nitrogens is 1. The van der Waals surface area contributed by atoms with E-state index in [1.54, 1.807) is 6.20 Å². The number of thiocarbonyl (C=S) groups is 1. The summed E-state index contributed by atoms with van der Waals surface area (Å²) in [7, 11) is 0. The van der Waals surface area contributed by atoms with Gasteiger partial charge in [-0.1, -0.05) is 24.4 Å². The monoisotopic (exact) mass is 271 g/mol. The topological polar surface area (TPSA) is 42.1 Å². The van der Waals surface area contributed by atoms with Crippen LogP contribution in [0.2, 0.25) is 0 Å². The standard InChI is InChI=1S/C15H17N3S/c1-3-18(13-6-4-5-11(2)9-13)14-8-7-12(10-17-14)15(16)19/h4-10H,3H2,1-2H3,(H2,16,19). The maximum absolute atomic E-state index is 5.58. The molecule has 2 aromatic rings. The third-order valence-electron chi connectivity index (χ3n) is 2.94. The molecule has 0 aliphatic heterocycles. The van der Waals surface area contributed by atoms with Gasteiger partial charge in [0, 0.05) is 24.0 Å². The summed E-state index contributed by atoms with van der Waals surface area (Å²) < 4.78 is 0. The van der Waals surface area contributed by atoms with Gasteiger partial charge in [0.05, 0.1) is 0 Å². The smallest absolute Gasteiger partial charge is 0.132 e. The van der Waals surface area contributed by atoms with Crippen molar-refractivity contribution in [1.82, 2.24) is 4.98 Å². The highest BCUT2D eigenvalue weighted by Gasteiger charge is 2.08. The number of hydrogen-bond acceptors (Lipinski definition) is 3. The van der Waals surface area contributed by atoms with Crippen molar-refractivity contribution in [2.24, 2.45) is 5.73 Å². The Kier molecular flexibility index (Phi) is 4.12. The Balaban J connectivity index is 2.34. The highest BCUT2D eigenvalue weighted by Crippen LogP contribution is 2.24. The molecule has 2 N–H and O–H groups in total. The zero-order chi connectivity index (χ0) is 13.8. The third kappa shape index (κ3) is 3.09. The van der Waals surface area contributed by atoms with E-state index >= 15 is 0 Å². The molecule has 1 heterocycles. The minimum absolute atomic E-state index is 0.373. The second-order valence-corrected chi connectivity index (χ2v) is 4.79. The van der Waals surface area contributed by atoms with Crippen molar-refractivity contribution in [1.29, 1.82) is 0 Å². The van der Waals surface area contributed by atoms with Gasteiger partial charge in [0.15, 0.2) is 0 Å². The summed E-state index contributed by atoms with van der Waals surface area (Å²) in [6, 6.07) is 12.2. The number of nitrogens with zero attached hydrogens (tertiary/aromatic N) is 2. The van der Waals surface area contributed by atoms with Crippen LogP contribution >= 0.6 is 12.2 Å². The van der Waals surface area contributed by atoms with Gasteiger partial charge >= 0.3 is 0 Å². The van der Waals surface area contributed by atoms with Gasteiger partial charge in [-0.2, -0.15) is 0 Å². The average molecular weight is 271 g/mol. The fourth-order valence-electron chi connectivity index (χ4n) is 1.96. The first-order chi connectivity index (χ1) is 9.11. The van der Waals surface area contributed by atoms with Crippen molar-refractivity contribution in [2.75, 3.05) is 11.4 Å². The van der Waals surface area contributed by atoms with Crippen LogP contribution in [0.4, 0.5) is 11.5 Å². The molecule has 0 atom stereocenters. The van der Waals surface area contributed by atoms with Crippen LogP contribution in [0.25, 0.3) is 0 Å². The predicted molar refractivity (Wildman–Crippen MR) is 84.0 cm³/mol. The maximum atomic E-state index is 5.58. The summed E-state index contributed by atoms with van der Waals surface area (Å²) in [5.41, 5.74) is 8.74. The molecule has 0 saturated carbocycles. The van der Waals surface area contributed by atoms with Crippen LogP contribution in [0.5, 0.6) is 0 Å². The van der Waals surface area contributed by atoms with Crippen molar-refractivity contribution in [2.45, 2.75) is 13.8 Å². The highest BCUT2D eigenvalue weighted by atomic mass is 32.1. The van der Waals surface area contributed by atoms with Crippen LogP contribution in [0.3, 0.4) is 0 Å². The lowest BCUT2D eigenvalue weighted by Crippen LogP contribution is -2.18. The summed E-state index contributed by atoms with van der Waals surface area (Å²) in [6.07, 6.45) is 1.72. The van der Waals surface area contributed by atoms with Crippen molar-refractivity contribution < 1.29 is 0 Å². The fourth-order valence-corrected chi connectivity index (χ4v) is 2.08. The quantitative estimate of drug-likeness (QED) is 0.867. The summed E-state index contributed by atoms with van der Waals surface area (Å²) in [4.78, 5) is 6.96. The van der Waals surface area contributed by atoms with Crippen molar-refractivity contribution in [3.63, 3.8) is 0 Å². The molecule has 0 aliphatic rings. The van der Waals surface area contributed by atoms with E-state index in [4.69, 9.17) is 18.0 Å². The van der Waals surface area contributed by atoms with E-state index in [1.165, 1.54) is 5.56 Å². The van der Waals surface area contributed by atoms with Crippen LogP contribution < -0.4 is 10.6 Å². The average Bonchev–Trinajstić information content (AvgIpc) is 2.40. The van der Waals surface area contributed by atoms with Gasteiger partial charge in [-0.3, -0.25) is 0 Å². The molecule has 0 fully saturated rings. The minimum atomic E-state index is 0.373. The normalized spacial score (nSPS) is 10.2. The molecule has 0 aliphatic carbocycles. The lowest BCUT2D eigenvalue weighted by Gasteiger charge is -2.22. The van der Waals surface area contributed by atoms with Crippen LogP contribution in [0.15, 0.2) is 42.6 Å². The molecule has 0 radical (unpaired) electrons. The number of anilines is 2. The van der Waals surface area contributed by atoms with Gasteiger partial charge in [0.25, 0.3) is 0 Å². The first-order valence-electron chi connectivity index (χ1n) is 6.22. The Morgan fingerprint density at radius 2 is 2.11 bits per heavy atom. The Bertz CT molecular complexity index is 578. The van der Waals surface area contributed by atoms with E-state index in [2.05, 4.69) is 48.0 Å². The molecular weight excluding hydrogens is 254 g/mol. The third-order valence-corrected chi connectivity index (χ3v) is 3.17. The molecule has 98 valence electrons. The number of benzene rings is 1. The Hall–Kier alpha value is -1.94. The molecule has 0 bridgehead atoms. The van der Waals surface area contributed by atoms with Crippen LogP contribution in [-0.4, -0.2) is 16.5 Å². The molecule has 3 nitrogen and oxygen atoms in total. The Morgan fingerprint density at radius 1 is 1.32 bits per heavy atom. The lowest BCUT2D eigenvalue weighted by molar-refractivity contribution is 0.988. The fraction of sp³-hybridized carbons (Fsp3) is 0.200. The highest BCUT2D eigenvalue weighted by molar-refractivity contribution is 7.80. The van der Waals surface area contributed by atoms with Gasteiger partial charge in [-0.05, 0) is 43.7 Å². The zero-order valence-electron chi connectivity index (χ0n) is 11.1. The van der Waals surface area contributed by atoms with E-state index in [1.807, 2.05) is 12.1 Å². The number of aryl methyl sites for hydroxylation is 1. The predicted octanol–water partition coefficient (Wildman–Crippen LogP) is 3.18. The summed E-state index contributed by atoms with van der Waals surface area (Å²) in [6.45, 7) is 5.04. The molecule has 4 heteroatoms. The maximum Gasteiger partial charge on any atom is 0.132 e. The van der Waals surface area contributed by atoms with E-state index in [0.717, 1.165) is 23.6 Å².